The zero-order chi connectivity index (χ0) is 12.6. The molecule has 0 fully saturated rings. The zero-order valence-corrected chi connectivity index (χ0v) is 12.4. The van der Waals surface area contributed by atoms with Crippen LogP contribution < -0.4 is 5.32 Å². The summed E-state index contributed by atoms with van der Waals surface area (Å²) in [6.07, 6.45) is 6.64. The predicted octanol–water partition coefficient (Wildman–Crippen LogP) is 4.62. The van der Waals surface area contributed by atoms with Gasteiger partial charge in [-0.2, -0.15) is 0 Å². The van der Waals surface area contributed by atoms with E-state index in [0.717, 1.165) is 12.5 Å². The molecule has 0 aromatic heterocycles. The van der Waals surface area contributed by atoms with Crippen LogP contribution in [0.5, 0.6) is 0 Å². The second-order valence-electron chi connectivity index (χ2n) is 6.32. The Morgan fingerprint density at radius 1 is 1.06 bits per heavy atom. The Morgan fingerprint density at radius 3 is 2.12 bits per heavy atom. The van der Waals surface area contributed by atoms with Gasteiger partial charge in [0.15, 0.2) is 0 Å². The smallest absolute Gasteiger partial charge is 0.0116 e. The van der Waals surface area contributed by atoms with Gasteiger partial charge in [0.2, 0.25) is 0 Å². The van der Waals surface area contributed by atoms with Crippen molar-refractivity contribution in [2.24, 2.45) is 11.3 Å². The van der Waals surface area contributed by atoms with Crippen LogP contribution in [0.1, 0.15) is 73.6 Å². The molecule has 1 nitrogen and oxygen atoms in total. The van der Waals surface area contributed by atoms with Crippen LogP contribution in [0.3, 0.4) is 0 Å². The van der Waals surface area contributed by atoms with E-state index in [1.165, 1.54) is 32.1 Å². The third-order valence-electron chi connectivity index (χ3n) is 3.57. The average Bonchev–Trinajstić information content (AvgIpc) is 2.20. The van der Waals surface area contributed by atoms with Gasteiger partial charge >= 0.3 is 0 Å². The third kappa shape index (κ3) is 7.27. The molecule has 0 heterocycles. The van der Waals surface area contributed by atoms with Crippen LogP contribution in [-0.2, 0) is 0 Å². The predicted molar refractivity (Wildman–Crippen MR) is 74.8 cm³/mol. The van der Waals surface area contributed by atoms with Crippen molar-refractivity contribution in [3.63, 3.8) is 0 Å². The minimum absolute atomic E-state index is 0.393. The summed E-state index contributed by atoms with van der Waals surface area (Å²) in [5, 5.41) is 3.70. The lowest BCUT2D eigenvalue weighted by Crippen LogP contribution is -2.40. The van der Waals surface area contributed by atoms with Crippen molar-refractivity contribution in [3.8, 4) is 0 Å². The van der Waals surface area contributed by atoms with Gasteiger partial charge in [-0.15, -0.1) is 0 Å². The maximum Gasteiger partial charge on any atom is 0.0116 e. The Balaban J connectivity index is 3.93. The molecule has 0 aliphatic rings. The quantitative estimate of drug-likeness (QED) is 0.638. The van der Waals surface area contributed by atoms with E-state index >= 15 is 0 Å². The highest BCUT2D eigenvalue weighted by molar-refractivity contribution is 4.80. The number of nitrogens with one attached hydrogen (secondary N) is 1. The first-order chi connectivity index (χ1) is 7.41. The van der Waals surface area contributed by atoms with Crippen molar-refractivity contribution in [1.29, 1.82) is 0 Å². The van der Waals surface area contributed by atoms with Gasteiger partial charge in [0.05, 0.1) is 0 Å². The first-order valence-corrected chi connectivity index (χ1v) is 7.15. The van der Waals surface area contributed by atoms with Crippen molar-refractivity contribution < 1.29 is 0 Å². The first kappa shape index (κ1) is 16.0. The highest BCUT2D eigenvalue weighted by Crippen LogP contribution is 2.24. The van der Waals surface area contributed by atoms with Gasteiger partial charge < -0.3 is 5.32 Å². The topological polar surface area (TPSA) is 12.0 Å². The molecular formula is C15H33N. The summed E-state index contributed by atoms with van der Waals surface area (Å²) in [7, 11) is 0. The normalized spacial score (nSPS) is 16.1. The molecule has 0 bridgehead atoms. The van der Waals surface area contributed by atoms with Crippen molar-refractivity contribution in [1.82, 2.24) is 5.32 Å². The Hall–Kier alpha value is -0.0400. The summed E-state index contributed by atoms with van der Waals surface area (Å²) in [4.78, 5) is 0. The molecule has 0 amide bonds. The molecule has 2 atom stereocenters. The molecule has 0 radical (unpaired) electrons. The summed E-state index contributed by atoms with van der Waals surface area (Å²) >= 11 is 0. The van der Waals surface area contributed by atoms with Crippen molar-refractivity contribution in [2.75, 3.05) is 6.54 Å². The fourth-order valence-electron chi connectivity index (χ4n) is 2.03. The molecule has 16 heavy (non-hydrogen) atoms. The lowest BCUT2D eigenvalue weighted by atomic mass is 9.83. The van der Waals surface area contributed by atoms with Gasteiger partial charge in [-0.3, -0.25) is 0 Å². The molecule has 0 aliphatic heterocycles. The second-order valence-corrected chi connectivity index (χ2v) is 6.32. The lowest BCUT2D eigenvalue weighted by Gasteiger charge is -2.32. The molecule has 0 saturated carbocycles. The van der Waals surface area contributed by atoms with Gasteiger partial charge in [0.1, 0.15) is 0 Å². The Labute approximate surface area is 103 Å². The van der Waals surface area contributed by atoms with E-state index in [1.54, 1.807) is 0 Å². The highest BCUT2D eigenvalue weighted by atomic mass is 14.9. The second kappa shape index (κ2) is 8.11. The molecule has 0 saturated heterocycles. The Morgan fingerprint density at radius 2 is 1.69 bits per heavy atom. The molecule has 0 aliphatic carbocycles. The van der Waals surface area contributed by atoms with Crippen LogP contribution in [0.2, 0.25) is 0 Å². The van der Waals surface area contributed by atoms with Crippen LogP contribution >= 0.6 is 0 Å². The monoisotopic (exact) mass is 227 g/mol. The van der Waals surface area contributed by atoms with Crippen molar-refractivity contribution in [2.45, 2.75) is 79.7 Å². The summed E-state index contributed by atoms with van der Waals surface area (Å²) < 4.78 is 0. The Kier molecular flexibility index (Phi) is 8.09. The molecule has 0 aromatic carbocycles. The minimum atomic E-state index is 0.393. The van der Waals surface area contributed by atoms with Crippen LogP contribution in [0.25, 0.3) is 0 Å². The fraction of sp³-hybridized carbons (Fsp3) is 1.00. The Bertz CT molecular complexity index is 157. The molecule has 0 rings (SSSR count). The van der Waals surface area contributed by atoms with Crippen LogP contribution in [0.4, 0.5) is 0 Å². The van der Waals surface area contributed by atoms with Gasteiger partial charge in [0.25, 0.3) is 0 Å². The minimum Gasteiger partial charge on any atom is -0.313 e. The molecular weight excluding hydrogens is 194 g/mol. The van der Waals surface area contributed by atoms with Gasteiger partial charge in [-0.25, -0.2) is 0 Å². The summed E-state index contributed by atoms with van der Waals surface area (Å²) in [5.74, 6) is 0.895. The molecule has 1 N–H and O–H groups in total. The van der Waals surface area contributed by atoms with Gasteiger partial charge in [-0.05, 0) is 30.7 Å². The molecule has 0 spiro atoms. The van der Waals surface area contributed by atoms with Crippen molar-refractivity contribution in [3.05, 3.63) is 0 Å². The molecule has 1 heteroatoms. The summed E-state index contributed by atoms with van der Waals surface area (Å²) in [5.41, 5.74) is 0.393. The largest absolute Gasteiger partial charge is 0.313 e. The van der Waals surface area contributed by atoms with Gasteiger partial charge in [-0.1, -0.05) is 60.8 Å². The van der Waals surface area contributed by atoms with Crippen LogP contribution in [0, 0.1) is 11.3 Å². The maximum atomic E-state index is 3.70. The standard InChI is InChI=1S/C15H33N/c1-7-12-16-14(15(4,5)6)11-9-10-13(3)8-2/h13-14,16H,7-12H2,1-6H3. The summed E-state index contributed by atoms with van der Waals surface area (Å²) in [6, 6.07) is 0.677. The lowest BCUT2D eigenvalue weighted by molar-refractivity contribution is 0.246. The van der Waals surface area contributed by atoms with E-state index in [9.17, 15) is 0 Å². The van der Waals surface area contributed by atoms with E-state index < -0.39 is 0 Å². The van der Waals surface area contributed by atoms with Gasteiger partial charge in [0, 0.05) is 6.04 Å². The first-order valence-electron chi connectivity index (χ1n) is 7.15. The van der Waals surface area contributed by atoms with E-state index in [1.807, 2.05) is 0 Å². The van der Waals surface area contributed by atoms with Crippen LogP contribution in [0.15, 0.2) is 0 Å². The van der Waals surface area contributed by atoms with E-state index in [0.29, 0.717) is 11.5 Å². The van der Waals surface area contributed by atoms with E-state index in [2.05, 4.69) is 46.9 Å². The van der Waals surface area contributed by atoms with Crippen molar-refractivity contribution >= 4 is 0 Å². The fourth-order valence-corrected chi connectivity index (χ4v) is 2.03. The number of rotatable bonds is 8. The number of hydrogen-bond donors (Lipinski definition) is 1. The SMILES string of the molecule is CCCNC(CCCC(C)CC)C(C)(C)C. The maximum absolute atomic E-state index is 3.70. The molecule has 0 aromatic rings. The van der Waals surface area contributed by atoms with E-state index in [-0.39, 0.29) is 0 Å². The average molecular weight is 227 g/mol. The van der Waals surface area contributed by atoms with E-state index in [4.69, 9.17) is 0 Å². The summed E-state index contributed by atoms with van der Waals surface area (Å²) in [6.45, 7) is 15.1. The van der Waals surface area contributed by atoms with Crippen LogP contribution in [-0.4, -0.2) is 12.6 Å². The zero-order valence-electron chi connectivity index (χ0n) is 12.4. The highest BCUT2D eigenvalue weighted by Gasteiger charge is 2.23. The molecule has 2 unspecified atom stereocenters. The molecule has 98 valence electrons. The third-order valence-corrected chi connectivity index (χ3v) is 3.57. The number of hydrogen-bond acceptors (Lipinski definition) is 1.